The topological polar surface area (TPSA) is 120 Å². The van der Waals surface area contributed by atoms with E-state index in [2.05, 4.69) is 21.3 Å². The number of piperazine rings is 1. The summed E-state index contributed by atoms with van der Waals surface area (Å²) in [7, 11) is 1.50. The van der Waals surface area contributed by atoms with Crippen LogP contribution in [0, 0.1) is 0 Å². The fourth-order valence-electron chi connectivity index (χ4n) is 6.15. The predicted molar refractivity (Wildman–Crippen MR) is 181 cm³/mol. The van der Waals surface area contributed by atoms with Gasteiger partial charge in [0.2, 0.25) is 0 Å². The SMILES string of the molecule is COc1cc(C(=O)N2CCCCc3ccccc32)ccc1C(=O)Nc1cccc2[nH]c(CN3CCN(C(=O)OC(C)(C)C)CC3)nc12. The van der Waals surface area contributed by atoms with Crippen molar-refractivity contribution >= 4 is 40.3 Å². The van der Waals surface area contributed by atoms with Gasteiger partial charge in [0.05, 0.1) is 30.4 Å². The molecule has 47 heavy (non-hydrogen) atoms. The molecule has 0 spiro atoms. The molecule has 1 saturated heterocycles. The third kappa shape index (κ3) is 7.25. The number of hydrogen-bond donors (Lipinski definition) is 2. The van der Waals surface area contributed by atoms with Crippen LogP contribution in [0.25, 0.3) is 11.0 Å². The smallest absolute Gasteiger partial charge is 0.410 e. The van der Waals surface area contributed by atoms with Gasteiger partial charge in [0.1, 0.15) is 22.7 Å². The summed E-state index contributed by atoms with van der Waals surface area (Å²) >= 11 is 0. The van der Waals surface area contributed by atoms with Crippen LogP contribution in [0.1, 0.15) is 65.7 Å². The number of rotatable bonds is 6. The largest absolute Gasteiger partial charge is 0.496 e. The Morgan fingerprint density at radius 3 is 2.49 bits per heavy atom. The highest BCUT2D eigenvalue weighted by molar-refractivity contribution is 6.11. The number of nitrogens with zero attached hydrogens (tertiary/aromatic N) is 4. The van der Waals surface area contributed by atoms with E-state index < -0.39 is 5.60 Å². The minimum absolute atomic E-state index is 0.121. The number of benzene rings is 3. The number of ether oxygens (including phenoxy) is 2. The van der Waals surface area contributed by atoms with Crippen molar-refractivity contribution in [3.8, 4) is 5.75 Å². The number of fused-ring (bicyclic) bond motifs is 2. The van der Waals surface area contributed by atoms with Crippen LogP contribution in [0.15, 0.2) is 60.7 Å². The molecule has 0 bridgehead atoms. The Bertz CT molecular complexity index is 1790. The number of carbonyl (C=O) groups excluding carboxylic acids is 3. The fourth-order valence-corrected chi connectivity index (χ4v) is 6.15. The lowest BCUT2D eigenvalue weighted by molar-refractivity contribution is 0.0137. The number of aryl methyl sites for hydroxylation is 1. The molecule has 246 valence electrons. The summed E-state index contributed by atoms with van der Waals surface area (Å²) in [6.45, 7) is 9.36. The number of aromatic nitrogens is 2. The van der Waals surface area contributed by atoms with Crippen LogP contribution >= 0.6 is 0 Å². The molecule has 11 nitrogen and oxygen atoms in total. The van der Waals surface area contributed by atoms with Crippen LogP contribution in [0.4, 0.5) is 16.2 Å². The van der Waals surface area contributed by atoms with Gasteiger partial charge in [-0.1, -0.05) is 24.3 Å². The van der Waals surface area contributed by atoms with Crippen LogP contribution in [0.2, 0.25) is 0 Å². The zero-order valence-corrected chi connectivity index (χ0v) is 27.5. The van der Waals surface area contributed by atoms with E-state index in [1.54, 1.807) is 23.1 Å². The van der Waals surface area contributed by atoms with Gasteiger partial charge in [-0.15, -0.1) is 0 Å². The molecule has 0 atom stereocenters. The Morgan fingerprint density at radius 1 is 0.936 bits per heavy atom. The molecule has 0 unspecified atom stereocenters. The summed E-state index contributed by atoms with van der Waals surface area (Å²) < 4.78 is 11.1. The Labute approximate surface area is 274 Å². The molecule has 2 N–H and O–H groups in total. The van der Waals surface area contributed by atoms with E-state index in [0.717, 1.165) is 41.9 Å². The number of imidazole rings is 1. The molecule has 3 heterocycles. The molecule has 1 fully saturated rings. The van der Waals surface area contributed by atoms with E-state index in [-0.39, 0.29) is 17.9 Å². The average Bonchev–Trinajstić information content (AvgIpc) is 3.35. The number of carbonyl (C=O) groups is 3. The molecule has 4 aromatic rings. The number of aromatic amines is 1. The highest BCUT2D eigenvalue weighted by Gasteiger charge is 2.27. The zero-order valence-electron chi connectivity index (χ0n) is 27.5. The third-order valence-corrected chi connectivity index (χ3v) is 8.51. The first kappa shape index (κ1) is 32.1. The minimum Gasteiger partial charge on any atom is -0.496 e. The third-order valence-electron chi connectivity index (χ3n) is 8.51. The summed E-state index contributed by atoms with van der Waals surface area (Å²) in [6, 6.07) is 18.6. The van der Waals surface area contributed by atoms with Crippen molar-refractivity contribution in [3.63, 3.8) is 0 Å². The number of H-pyrrole nitrogens is 1. The van der Waals surface area contributed by atoms with Gasteiger partial charge in [-0.2, -0.15) is 0 Å². The van der Waals surface area contributed by atoms with Gasteiger partial charge in [-0.05, 0) is 82.0 Å². The standard InChI is InChI=1S/C36H42N6O5/c1-36(2,3)47-35(45)41-20-18-40(19-21-41)23-31-37-27-12-9-13-28(32(27)39-31)38-33(43)26-16-15-25(22-30(26)46-4)34(44)42-17-8-7-11-24-10-5-6-14-29(24)42/h5-6,9-10,12-16,22H,7-8,11,17-21,23H2,1-4H3,(H,37,39)(H,38,43). The second-order valence-electron chi connectivity index (χ2n) is 13.0. The minimum atomic E-state index is -0.525. The first-order chi connectivity index (χ1) is 22.6. The summed E-state index contributed by atoms with van der Waals surface area (Å²) in [5.41, 5.74) is 4.36. The maximum Gasteiger partial charge on any atom is 0.410 e. The Kier molecular flexibility index (Phi) is 9.17. The number of anilines is 2. The number of nitrogens with one attached hydrogen (secondary N) is 2. The highest BCUT2D eigenvalue weighted by atomic mass is 16.6. The van der Waals surface area contributed by atoms with Gasteiger partial charge in [-0.3, -0.25) is 14.5 Å². The predicted octanol–water partition coefficient (Wildman–Crippen LogP) is 5.86. The quantitative estimate of drug-likeness (QED) is 0.272. The Morgan fingerprint density at radius 2 is 1.72 bits per heavy atom. The molecule has 3 amide bonds. The van der Waals surface area contributed by atoms with Crippen LogP contribution in [-0.4, -0.2) is 83.1 Å². The van der Waals surface area contributed by atoms with Crippen molar-refractivity contribution < 1.29 is 23.9 Å². The summed E-state index contributed by atoms with van der Waals surface area (Å²) in [5.74, 6) is 0.598. The average molecular weight is 639 g/mol. The van der Waals surface area contributed by atoms with Gasteiger partial charge in [0, 0.05) is 44.0 Å². The molecular weight excluding hydrogens is 596 g/mol. The summed E-state index contributed by atoms with van der Waals surface area (Å²) in [6.07, 6.45) is 2.60. The van der Waals surface area contributed by atoms with Crippen molar-refractivity contribution in [1.82, 2.24) is 19.8 Å². The van der Waals surface area contributed by atoms with Gasteiger partial charge in [-0.25, -0.2) is 9.78 Å². The van der Waals surface area contributed by atoms with E-state index in [1.165, 1.54) is 7.11 Å². The molecule has 1 aromatic heterocycles. The number of amides is 3. The molecule has 2 aliphatic heterocycles. The Balaban J connectivity index is 1.14. The van der Waals surface area contributed by atoms with Crippen LogP contribution in [0.3, 0.4) is 0 Å². The number of methoxy groups -OCH3 is 1. The molecule has 6 rings (SSSR count). The first-order valence-electron chi connectivity index (χ1n) is 16.2. The van der Waals surface area contributed by atoms with E-state index in [4.69, 9.17) is 14.5 Å². The number of hydrogen-bond acceptors (Lipinski definition) is 7. The van der Waals surface area contributed by atoms with Crippen LogP contribution in [-0.2, 0) is 17.7 Å². The molecule has 0 radical (unpaired) electrons. The Hall–Kier alpha value is -4.90. The van der Waals surface area contributed by atoms with Gasteiger partial charge < -0.3 is 29.6 Å². The summed E-state index contributed by atoms with van der Waals surface area (Å²) in [4.78, 5) is 53.6. The van der Waals surface area contributed by atoms with E-state index in [1.807, 2.05) is 62.1 Å². The molecule has 0 aliphatic carbocycles. The lowest BCUT2D eigenvalue weighted by atomic mass is 10.1. The maximum atomic E-state index is 13.7. The lowest BCUT2D eigenvalue weighted by Gasteiger charge is -2.35. The van der Waals surface area contributed by atoms with E-state index in [0.29, 0.717) is 67.3 Å². The van der Waals surface area contributed by atoms with E-state index in [9.17, 15) is 14.4 Å². The van der Waals surface area contributed by atoms with Crippen LogP contribution < -0.4 is 15.0 Å². The molecule has 2 aliphatic rings. The van der Waals surface area contributed by atoms with Crippen molar-refractivity contribution in [2.45, 2.75) is 52.2 Å². The molecule has 0 saturated carbocycles. The highest BCUT2D eigenvalue weighted by Crippen LogP contribution is 2.30. The van der Waals surface area contributed by atoms with Crippen molar-refractivity contribution in [1.29, 1.82) is 0 Å². The summed E-state index contributed by atoms with van der Waals surface area (Å²) in [5, 5.41) is 2.99. The van der Waals surface area contributed by atoms with Crippen LogP contribution in [0.5, 0.6) is 5.75 Å². The number of para-hydroxylation sites is 2. The fraction of sp³-hybridized carbons (Fsp3) is 0.389. The van der Waals surface area contributed by atoms with Crippen molar-refractivity contribution in [3.05, 3.63) is 83.2 Å². The molecule has 11 heteroatoms. The van der Waals surface area contributed by atoms with Gasteiger partial charge in [0.15, 0.2) is 0 Å². The molecular formula is C36H42N6O5. The second-order valence-corrected chi connectivity index (χ2v) is 13.0. The van der Waals surface area contributed by atoms with Gasteiger partial charge in [0.25, 0.3) is 11.8 Å². The monoisotopic (exact) mass is 638 g/mol. The maximum absolute atomic E-state index is 13.7. The first-order valence-corrected chi connectivity index (χ1v) is 16.2. The lowest BCUT2D eigenvalue weighted by Crippen LogP contribution is -2.49. The normalized spacial score (nSPS) is 15.6. The molecule has 3 aromatic carbocycles. The van der Waals surface area contributed by atoms with Crippen molar-refractivity contribution in [2.24, 2.45) is 0 Å². The van der Waals surface area contributed by atoms with Gasteiger partial charge >= 0.3 is 6.09 Å². The van der Waals surface area contributed by atoms with E-state index >= 15 is 0 Å². The zero-order chi connectivity index (χ0) is 33.1. The second kappa shape index (κ2) is 13.4. The van der Waals surface area contributed by atoms with Crippen molar-refractivity contribution in [2.75, 3.05) is 50.1 Å².